The number of hydrogen-bond donors (Lipinski definition) is 1. The largest absolute Gasteiger partial charge is 0.492 e. The molecule has 5 nitrogen and oxygen atoms in total. The standard InChI is InChI=1S/C24H26ClFN2O3/c25-23-17(16-26)4-3-7-20(23)24(29)27-21-8-9-22(19-6-2-1-5-18(19)21)31-15-12-28-10-13-30-14-11-28/h1-9,17,23H,10-16H2,(H,27,29). The van der Waals surface area contributed by atoms with Crippen molar-refractivity contribution in [2.45, 2.75) is 5.38 Å². The third kappa shape index (κ3) is 5.09. The number of carbonyl (C=O) groups is 1. The molecule has 0 aromatic heterocycles. The van der Waals surface area contributed by atoms with Crippen LogP contribution in [0.3, 0.4) is 0 Å². The highest BCUT2D eigenvalue weighted by molar-refractivity contribution is 6.27. The van der Waals surface area contributed by atoms with Gasteiger partial charge in [-0.3, -0.25) is 14.1 Å². The number of ether oxygens (including phenoxy) is 2. The fourth-order valence-corrected chi connectivity index (χ4v) is 4.19. The van der Waals surface area contributed by atoms with Crippen LogP contribution in [0.15, 0.2) is 60.2 Å². The molecule has 2 unspecified atom stereocenters. The summed E-state index contributed by atoms with van der Waals surface area (Å²) in [5.74, 6) is -0.0465. The van der Waals surface area contributed by atoms with E-state index in [1.165, 1.54) is 0 Å². The fourth-order valence-electron chi connectivity index (χ4n) is 3.86. The number of rotatable bonds is 7. The molecule has 31 heavy (non-hydrogen) atoms. The van der Waals surface area contributed by atoms with Crippen LogP contribution >= 0.6 is 11.6 Å². The lowest BCUT2D eigenvalue weighted by molar-refractivity contribution is -0.113. The Morgan fingerprint density at radius 1 is 1.19 bits per heavy atom. The molecular weight excluding hydrogens is 419 g/mol. The maximum Gasteiger partial charge on any atom is 0.253 e. The minimum Gasteiger partial charge on any atom is -0.492 e. The van der Waals surface area contributed by atoms with Gasteiger partial charge in [-0.1, -0.05) is 42.5 Å². The van der Waals surface area contributed by atoms with Gasteiger partial charge < -0.3 is 14.8 Å². The molecule has 2 aromatic rings. The number of halogens is 2. The van der Waals surface area contributed by atoms with Crippen LogP contribution in [-0.4, -0.2) is 62.3 Å². The average Bonchev–Trinajstić information content (AvgIpc) is 2.81. The van der Waals surface area contributed by atoms with Gasteiger partial charge >= 0.3 is 0 Å². The molecular formula is C24H26ClFN2O3. The van der Waals surface area contributed by atoms with E-state index in [0.717, 1.165) is 49.4 Å². The first-order valence-corrected chi connectivity index (χ1v) is 11.0. The Labute approximate surface area is 186 Å². The predicted octanol–water partition coefficient (Wildman–Crippen LogP) is 4.18. The van der Waals surface area contributed by atoms with Crippen LogP contribution in [0.25, 0.3) is 10.8 Å². The minimum absolute atomic E-state index is 0.325. The van der Waals surface area contributed by atoms with E-state index in [0.29, 0.717) is 17.9 Å². The lowest BCUT2D eigenvalue weighted by Crippen LogP contribution is -2.38. The summed E-state index contributed by atoms with van der Waals surface area (Å²) in [5.41, 5.74) is 1.03. The highest BCUT2D eigenvalue weighted by Crippen LogP contribution is 2.33. The molecule has 2 atom stereocenters. The van der Waals surface area contributed by atoms with E-state index in [4.69, 9.17) is 21.1 Å². The smallest absolute Gasteiger partial charge is 0.253 e. The topological polar surface area (TPSA) is 50.8 Å². The first-order chi connectivity index (χ1) is 15.2. The van der Waals surface area contributed by atoms with E-state index in [-0.39, 0.29) is 5.91 Å². The van der Waals surface area contributed by atoms with Gasteiger partial charge in [0.25, 0.3) is 5.91 Å². The van der Waals surface area contributed by atoms with Gasteiger partial charge in [0.2, 0.25) is 0 Å². The number of allylic oxidation sites excluding steroid dienone is 3. The highest BCUT2D eigenvalue weighted by atomic mass is 35.5. The number of amides is 1. The second kappa shape index (κ2) is 10.3. The summed E-state index contributed by atoms with van der Waals surface area (Å²) in [5, 5.41) is 4.04. The van der Waals surface area contributed by atoms with E-state index in [9.17, 15) is 9.18 Å². The maximum atomic E-state index is 13.1. The number of nitrogens with one attached hydrogen (secondary N) is 1. The molecule has 7 heteroatoms. The number of morpholine rings is 1. The Hall–Kier alpha value is -2.41. The Balaban J connectivity index is 1.48. The van der Waals surface area contributed by atoms with Gasteiger partial charge in [-0.25, -0.2) is 0 Å². The quantitative estimate of drug-likeness (QED) is 0.651. The second-order valence-corrected chi connectivity index (χ2v) is 8.11. The van der Waals surface area contributed by atoms with Gasteiger partial charge in [0, 0.05) is 47.6 Å². The molecule has 1 amide bonds. The molecule has 1 fully saturated rings. The van der Waals surface area contributed by atoms with Crippen LogP contribution < -0.4 is 10.1 Å². The van der Waals surface area contributed by atoms with Crippen LogP contribution in [0.1, 0.15) is 0 Å². The van der Waals surface area contributed by atoms with Crippen LogP contribution in [-0.2, 0) is 9.53 Å². The number of carbonyl (C=O) groups excluding carboxylic acids is 1. The maximum absolute atomic E-state index is 13.1. The zero-order valence-corrected chi connectivity index (χ0v) is 18.0. The third-order valence-electron chi connectivity index (χ3n) is 5.65. The van der Waals surface area contributed by atoms with E-state index in [1.807, 2.05) is 36.4 Å². The number of fused-ring (bicyclic) bond motifs is 1. The number of hydrogen-bond acceptors (Lipinski definition) is 4. The Morgan fingerprint density at radius 2 is 1.97 bits per heavy atom. The predicted molar refractivity (Wildman–Crippen MR) is 122 cm³/mol. The lowest BCUT2D eigenvalue weighted by Gasteiger charge is -2.26. The van der Waals surface area contributed by atoms with Crippen molar-refractivity contribution in [2.75, 3.05) is 51.4 Å². The van der Waals surface area contributed by atoms with Crippen molar-refractivity contribution in [3.8, 4) is 5.75 Å². The van der Waals surface area contributed by atoms with Crippen molar-refractivity contribution in [1.82, 2.24) is 4.90 Å². The SMILES string of the molecule is O=C(Nc1ccc(OCCN2CCOCC2)c2ccccc12)C1=CC=CC(CF)C1Cl. The van der Waals surface area contributed by atoms with Gasteiger partial charge in [-0.15, -0.1) is 11.6 Å². The fraction of sp³-hybridized carbons (Fsp3) is 0.375. The molecule has 164 valence electrons. The number of alkyl halides is 2. The van der Waals surface area contributed by atoms with Crippen molar-refractivity contribution in [3.63, 3.8) is 0 Å². The van der Waals surface area contributed by atoms with Gasteiger partial charge in [-0.2, -0.15) is 0 Å². The van der Waals surface area contributed by atoms with E-state index in [1.54, 1.807) is 18.2 Å². The molecule has 1 heterocycles. The summed E-state index contributed by atoms with van der Waals surface area (Å²) in [7, 11) is 0. The van der Waals surface area contributed by atoms with E-state index < -0.39 is 18.0 Å². The second-order valence-electron chi connectivity index (χ2n) is 7.64. The van der Waals surface area contributed by atoms with Crippen molar-refractivity contribution < 1.29 is 18.7 Å². The summed E-state index contributed by atoms with van der Waals surface area (Å²) < 4.78 is 24.6. The van der Waals surface area contributed by atoms with Gasteiger partial charge in [0.1, 0.15) is 12.4 Å². The van der Waals surface area contributed by atoms with Gasteiger partial charge in [-0.05, 0) is 12.1 Å². The van der Waals surface area contributed by atoms with Crippen molar-refractivity contribution in [1.29, 1.82) is 0 Å². The molecule has 1 saturated heterocycles. The summed E-state index contributed by atoms with van der Waals surface area (Å²) in [6.45, 7) is 4.18. The van der Waals surface area contributed by atoms with Crippen LogP contribution in [0.2, 0.25) is 0 Å². The Bertz CT molecular complexity index is 988. The van der Waals surface area contributed by atoms with E-state index >= 15 is 0 Å². The van der Waals surface area contributed by atoms with E-state index in [2.05, 4.69) is 10.2 Å². The molecule has 0 bridgehead atoms. The summed E-state index contributed by atoms with van der Waals surface area (Å²) >= 11 is 6.32. The number of nitrogens with zero attached hydrogens (tertiary/aromatic N) is 1. The van der Waals surface area contributed by atoms with Crippen LogP contribution in [0.4, 0.5) is 10.1 Å². The van der Waals surface area contributed by atoms with Crippen molar-refractivity contribution in [3.05, 3.63) is 60.2 Å². The highest BCUT2D eigenvalue weighted by Gasteiger charge is 2.28. The first-order valence-electron chi connectivity index (χ1n) is 10.5. The number of anilines is 1. The van der Waals surface area contributed by atoms with Crippen LogP contribution in [0.5, 0.6) is 5.75 Å². The van der Waals surface area contributed by atoms with Gasteiger partial charge in [0.05, 0.1) is 25.3 Å². The third-order valence-corrected chi connectivity index (χ3v) is 6.21. The normalized spacial score (nSPS) is 21.7. The molecule has 1 aliphatic heterocycles. The first kappa shape index (κ1) is 21.8. The molecule has 4 rings (SSSR count). The molecule has 1 N–H and O–H groups in total. The molecule has 1 aliphatic carbocycles. The average molecular weight is 445 g/mol. The molecule has 0 saturated carbocycles. The Morgan fingerprint density at radius 3 is 2.74 bits per heavy atom. The van der Waals surface area contributed by atoms with Crippen molar-refractivity contribution in [2.24, 2.45) is 5.92 Å². The summed E-state index contributed by atoms with van der Waals surface area (Å²) in [6, 6.07) is 11.5. The van der Waals surface area contributed by atoms with Crippen LogP contribution in [0, 0.1) is 5.92 Å². The summed E-state index contributed by atoms with van der Waals surface area (Å²) in [4.78, 5) is 15.2. The molecule has 0 radical (unpaired) electrons. The monoisotopic (exact) mass is 444 g/mol. The lowest BCUT2D eigenvalue weighted by atomic mass is 9.94. The van der Waals surface area contributed by atoms with Crippen molar-refractivity contribution >= 4 is 34.0 Å². The molecule has 0 spiro atoms. The zero-order valence-electron chi connectivity index (χ0n) is 17.2. The minimum atomic E-state index is -0.691. The number of benzene rings is 2. The Kier molecular flexibility index (Phi) is 7.22. The zero-order chi connectivity index (χ0) is 21.6. The molecule has 2 aromatic carbocycles. The summed E-state index contributed by atoms with van der Waals surface area (Å²) in [6.07, 6.45) is 5.01. The molecule has 2 aliphatic rings. The van der Waals surface area contributed by atoms with Gasteiger partial charge in [0.15, 0.2) is 0 Å².